The Labute approximate surface area is 105 Å². The molecule has 5 heteroatoms. The molecule has 0 amide bonds. The summed E-state index contributed by atoms with van der Waals surface area (Å²) in [5.74, 6) is 0. The van der Waals surface area contributed by atoms with Gasteiger partial charge in [-0.2, -0.15) is 0 Å². The van der Waals surface area contributed by atoms with Crippen molar-refractivity contribution >= 4 is 8.32 Å². The molecular formula is C12H24O4Si. The van der Waals surface area contributed by atoms with Gasteiger partial charge in [-0.1, -0.05) is 6.42 Å². The largest absolute Gasteiger partial charge is 0.417 e. The van der Waals surface area contributed by atoms with E-state index < -0.39 is 8.32 Å². The predicted octanol–water partition coefficient (Wildman–Crippen LogP) is 1.80. The minimum absolute atomic E-state index is 0.392. The third kappa shape index (κ3) is 6.52. The molecule has 3 saturated heterocycles. The highest BCUT2D eigenvalue weighted by atomic mass is 28.4. The molecule has 4 nitrogen and oxygen atoms in total. The van der Waals surface area contributed by atoms with E-state index in [0.29, 0.717) is 12.2 Å². The van der Waals surface area contributed by atoms with Crippen LogP contribution in [0.3, 0.4) is 0 Å². The molecule has 3 aliphatic rings. The molecule has 0 bridgehead atoms. The van der Waals surface area contributed by atoms with Crippen molar-refractivity contribution in [2.75, 3.05) is 33.0 Å². The normalized spacial score (nSPS) is 33.5. The molecule has 2 unspecified atom stereocenters. The molecule has 0 radical (unpaired) electrons. The molecule has 100 valence electrons. The molecule has 0 saturated carbocycles. The number of hydrogen-bond acceptors (Lipinski definition) is 4. The van der Waals surface area contributed by atoms with E-state index in [9.17, 15) is 0 Å². The summed E-state index contributed by atoms with van der Waals surface area (Å²) in [6, 6.07) is 1.37. The van der Waals surface area contributed by atoms with Gasteiger partial charge in [-0.15, -0.1) is 0 Å². The SMILES string of the molecule is C(OCC1CO1)C1CO1.C[Si]1(C)CCCCO1. The highest BCUT2D eigenvalue weighted by Crippen LogP contribution is 2.20. The van der Waals surface area contributed by atoms with Crippen LogP contribution in [0.25, 0.3) is 0 Å². The van der Waals surface area contributed by atoms with Gasteiger partial charge in [-0.25, -0.2) is 0 Å². The molecule has 3 heterocycles. The van der Waals surface area contributed by atoms with Crippen LogP contribution in [0, 0.1) is 0 Å². The number of epoxide rings is 2. The first kappa shape index (κ1) is 13.5. The smallest absolute Gasteiger partial charge is 0.186 e. The number of hydrogen-bond donors (Lipinski definition) is 0. The quantitative estimate of drug-likeness (QED) is 0.571. The van der Waals surface area contributed by atoms with Gasteiger partial charge in [0.25, 0.3) is 0 Å². The van der Waals surface area contributed by atoms with E-state index in [0.717, 1.165) is 33.0 Å². The van der Waals surface area contributed by atoms with Crippen LogP contribution in [-0.2, 0) is 18.6 Å². The van der Waals surface area contributed by atoms with Gasteiger partial charge in [0.1, 0.15) is 12.2 Å². The van der Waals surface area contributed by atoms with Crippen molar-refractivity contribution in [2.45, 2.75) is 44.2 Å². The zero-order valence-electron chi connectivity index (χ0n) is 10.9. The summed E-state index contributed by atoms with van der Waals surface area (Å²) < 4.78 is 20.7. The van der Waals surface area contributed by atoms with Crippen molar-refractivity contribution in [2.24, 2.45) is 0 Å². The fourth-order valence-corrected chi connectivity index (χ4v) is 3.68. The molecule has 0 aromatic heterocycles. The Morgan fingerprint density at radius 1 is 1.06 bits per heavy atom. The Morgan fingerprint density at radius 2 is 1.65 bits per heavy atom. The standard InChI is InChI=1S/C6H10O3.C6H14OSi/c1(5-3-8-5)7-2-6-4-9-6;1-8(2)6-4-3-5-7-8/h5-6H,1-4H2;3-6H2,1-2H3. The first-order chi connectivity index (χ1) is 8.16. The van der Waals surface area contributed by atoms with Crippen LogP contribution in [0.2, 0.25) is 19.1 Å². The molecule has 3 rings (SSSR count). The monoisotopic (exact) mass is 260 g/mol. The molecule has 0 aromatic rings. The molecule has 0 aliphatic carbocycles. The van der Waals surface area contributed by atoms with Crippen LogP contribution in [0.5, 0.6) is 0 Å². The van der Waals surface area contributed by atoms with E-state index in [1.165, 1.54) is 18.9 Å². The van der Waals surface area contributed by atoms with E-state index in [2.05, 4.69) is 13.1 Å². The summed E-state index contributed by atoms with van der Waals surface area (Å²) in [4.78, 5) is 0. The summed E-state index contributed by atoms with van der Waals surface area (Å²) >= 11 is 0. The minimum Gasteiger partial charge on any atom is -0.417 e. The van der Waals surface area contributed by atoms with Crippen molar-refractivity contribution in [1.29, 1.82) is 0 Å². The van der Waals surface area contributed by atoms with Crippen molar-refractivity contribution in [1.82, 2.24) is 0 Å². The van der Waals surface area contributed by atoms with Crippen molar-refractivity contribution in [3.8, 4) is 0 Å². The van der Waals surface area contributed by atoms with Gasteiger partial charge in [0.2, 0.25) is 0 Å². The maximum Gasteiger partial charge on any atom is 0.186 e. The third-order valence-electron chi connectivity index (χ3n) is 3.08. The topological polar surface area (TPSA) is 43.5 Å². The van der Waals surface area contributed by atoms with Crippen molar-refractivity contribution in [3.63, 3.8) is 0 Å². The second-order valence-electron chi connectivity index (χ2n) is 5.51. The van der Waals surface area contributed by atoms with Crippen LogP contribution < -0.4 is 0 Å². The van der Waals surface area contributed by atoms with E-state index in [-0.39, 0.29) is 0 Å². The Hall–Kier alpha value is 0.0569. The second kappa shape index (κ2) is 6.29. The average Bonchev–Trinajstić information content (AvgIpc) is 3.13. The molecule has 3 aliphatic heterocycles. The fraction of sp³-hybridized carbons (Fsp3) is 1.00. The minimum atomic E-state index is -1.09. The maximum atomic E-state index is 5.60. The van der Waals surface area contributed by atoms with E-state index in [4.69, 9.17) is 18.6 Å². The van der Waals surface area contributed by atoms with Crippen LogP contribution in [-0.4, -0.2) is 53.6 Å². The zero-order valence-corrected chi connectivity index (χ0v) is 11.9. The van der Waals surface area contributed by atoms with Crippen LogP contribution in [0.15, 0.2) is 0 Å². The van der Waals surface area contributed by atoms with Gasteiger partial charge in [0.15, 0.2) is 8.32 Å². The summed E-state index contributed by atoms with van der Waals surface area (Å²) in [6.07, 6.45) is 3.47. The van der Waals surface area contributed by atoms with Gasteiger partial charge >= 0.3 is 0 Å². The first-order valence-corrected chi connectivity index (χ1v) is 9.72. The molecule has 3 fully saturated rings. The van der Waals surface area contributed by atoms with Gasteiger partial charge in [0.05, 0.1) is 26.4 Å². The van der Waals surface area contributed by atoms with E-state index in [1.54, 1.807) is 0 Å². The third-order valence-corrected chi connectivity index (χ3v) is 5.62. The van der Waals surface area contributed by atoms with E-state index in [1.807, 2.05) is 0 Å². The lowest BCUT2D eigenvalue weighted by atomic mass is 10.4. The molecule has 0 aromatic carbocycles. The van der Waals surface area contributed by atoms with E-state index >= 15 is 0 Å². The summed E-state index contributed by atoms with van der Waals surface area (Å²) in [5, 5.41) is 0. The summed E-state index contributed by atoms with van der Waals surface area (Å²) in [6.45, 7) is 8.88. The summed E-state index contributed by atoms with van der Waals surface area (Å²) in [5.41, 5.74) is 0. The maximum absolute atomic E-state index is 5.60. The Morgan fingerprint density at radius 3 is 1.94 bits per heavy atom. The zero-order chi connectivity index (χ0) is 12.1. The van der Waals surface area contributed by atoms with Crippen molar-refractivity contribution < 1.29 is 18.6 Å². The lowest BCUT2D eigenvalue weighted by Crippen LogP contribution is -2.33. The van der Waals surface area contributed by atoms with Crippen LogP contribution in [0.4, 0.5) is 0 Å². The Balaban J connectivity index is 0.000000128. The molecular weight excluding hydrogens is 236 g/mol. The van der Waals surface area contributed by atoms with Gasteiger partial charge in [-0.3, -0.25) is 0 Å². The predicted molar refractivity (Wildman–Crippen MR) is 67.8 cm³/mol. The average molecular weight is 260 g/mol. The van der Waals surface area contributed by atoms with Gasteiger partial charge < -0.3 is 18.6 Å². The van der Waals surface area contributed by atoms with Crippen LogP contribution >= 0.6 is 0 Å². The fourth-order valence-electron chi connectivity index (χ4n) is 1.73. The molecule has 0 spiro atoms. The summed E-state index contributed by atoms with van der Waals surface area (Å²) in [7, 11) is -1.09. The highest BCUT2D eigenvalue weighted by Gasteiger charge is 2.26. The molecule has 2 atom stereocenters. The Bertz CT molecular complexity index is 207. The lowest BCUT2D eigenvalue weighted by Gasteiger charge is -2.27. The number of ether oxygens (including phenoxy) is 3. The first-order valence-electron chi connectivity index (χ1n) is 6.61. The molecule has 17 heavy (non-hydrogen) atoms. The van der Waals surface area contributed by atoms with Crippen molar-refractivity contribution in [3.05, 3.63) is 0 Å². The number of rotatable bonds is 4. The van der Waals surface area contributed by atoms with Gasteiger partial charge in [-0.05, 0) is 25.6 Å². The Kier molecular flexibility index (Phi) is 4.99. The second-order valence-corrected chi connectivity index (χ2v) is 9.82. The van der Waals surface area contributed by atoms with Gasteiger partial charge in [0, 0.05) is 6.61 Å². The van der Waals surface area contributed by atoms with Crippen LogP contribution in [0.1, 0.15) is 12.8 Å². The molecule has 0 N–H and O–H groups in total. The highest BCUT2D eigenvalue weighted by molar-refractivity contribution is 6.71. The lowest BCUT2D eigenvalue weighted by molar-refractivity contribution is 0.102.